The zero-order valence-corrected chi connectivity index (χ0v) is 14.7. The van der Waals surface area contributed by atoms with E-state index in [2.05, 4.69) is 30.6 Å². The molecule has 5 nitrogen and oxygen atoms in total. The summed E-state index contributed by atoms with van der Waals surface area (Å²) in [6.45, 7) is 12.5. The number of piperazine rings is 1. The molecular formula is C15H30N4OS. The summed E-state index contributed by atoms with van der Waals surface area (Å²) in [6.07, 6.45) is 1.17. The van der Waals surface area contributed by atoms with Crippen molar-refractivity contribution >= 4 is 23.1 Å². The minimum absolute atomic E-state index is 0.171. The number of nitrogens with zero attached hydrogens (tertiary/aromatic N) is 3. The lowest BCUT2D eigenvalue weighted by molar-refractivity contribution is -0.130. The van der Waals surface area contributed by atoms with Crippen LogP contribution in [-0.4, -0.2) is 77.5 Å². The van der Waals surface area contributed by atoms with E-state index in [4.69, 9.17) is 18.0 Å². The van der Waals surface area contributed by atoms with E-state index in [0.717, 1.165) is 32.7 Å². The molecule has 1 aliphatic rings. The highest BCUT2D eigenvalue weighted by Crippen LogP contribution is 2.15. The number of hydrogen-bond acceptors (Lipinski definition) is 4. The first kappa shape index (κ1) is 18.3. The van der Waals surface area contributed by atoms with E-state index in [9.17, 15) is 4.79 Å². The summed E-state index contributed by atoms with van der Waals surface area (Å²) in [5.41, 5.74) is 5.70. The van der Waals surface area contributed by atoms with Crippen LogP contribution >= 0.6 is 12.2 Å². The van der Waals surface area contributed by atoms with Crippen LogP contribution in [0.3, 0.4) is 0 Å². The zero-order valence-electron chi connectivity index (χ0n) is 13.9. The minimum atomic E-state index is 0.171. The van der Waals surface area contributed by atoms with Gasteiger partial charge in [-0.05, 0) is 20.8 Å². The summed E-state index contributed by atoms with van der Waals surface area (Å²) in [5.74, 6) is 0.171. The minimum Gasteiger partial charge on any atom is -0.393 e. The lowest BCUT2D eigenvalue weighted by Gasteiger charge is -2.42. The van der Waals surface area contributed by atoms with Crippen LogP contribution in [0.4, 0.5) is 0 Å². The van der Waals surface area contributed by atoms with Crippen molar-refractivity contribution in [1.29, 1.82) is 0 Å². The molecule has 2 N–H and O–H groups in total. The molecule has 0 spiro atoms. The Bertz CT molecular complexity index is 359. The maximum atomic E-state index is 12.0. The lowest BCUT2D eigenvalue weighted by Crippen LogP contribution is -2.53. The molecule has 0 atom stereocenters. The first-order valence-corrected chi connectivity index (χ1v) is 8.10. The van der Waals surface area contributed by atoms with Gasteiger partial charge in [-0.2, -0.15) is 0 Å². The summed E-state index contributed by atoms with van der Waals surface area (Å²) in [7, 11) is 1.82. The van der Waals surface area contributed by atoms with Gasteiger partial charge >= 0.3 is 0 Å². The molecule has 0 aromatic heterocycles. The van der Waals surface area contributed by atoms with Gasteiger partial charge in [-0.3, -0.25) is 9.69 Å². The molecule has 1 aliphatic heterocycles. The third kappa shape index (κ3) is 6.72. The first-order chi connectivity index (χ1) is 9.70. The first-order valence-electron chi connectivity index (χ1n) is 7.70. The smallest absolute Gasteiger partial charge is 0.223 e. The molecule has 1 heterocycles. The van der Waals surface area contributed by atoms with Gasteiger partial charge in [-0.15, -0.1) is 0 Å². The molecular weight excluding hydrogens is 284 g/mol. The van der Waals surface area contributed by atoms with Crippen molar-refractivity contribution < 1.29 is 4.79 Å². The Kier molecular flexibility index (Phi) is 7.03. The van der Waals surface area contributed by atoms with E-state index in [-0.39, 0.29) is 11.4 Å². The highest BCUT2D eigenvalue weighted by atomic mass is 32.1. The van der Waals surface area contributed by atoms with E-state index in [1.165, 1.54) is 0 Å². The van der Waals surface area contributed by atoms with Crippen LogP contribution in [0.25, 0.3) is 0 Å². The van der Waals surface area contributed by atoms with Crippen molar-refractivity contribution in [3.63, 3.8) is 0 Å². The third-order valence-electron chi connectivity index (χ3n) is 4.08. The molecule has 21 heavy (non-hydrogen) atoms. The maximum Gasteiger partial charge on any atom is 0.223 e. The number of carbonyl (C=O) groups excluding carboxylic acids is 1. The molecule has 0 radical (unpaired) electrons. The topological polar surface area (TPSA) is 52.8 Å². The molecule has 6 heteroatoms. The van der Waals surface area contributed by atoms with Gasteiger partial charge in [0.1, 0.15) is 0 Å². The summed E-state index contributed by atoms with van der Waals surface area (Å²) in [6, 6.07) is 0. The summed E-state index contributed by atoms with van der Waals surface area (Å²) in [5, 5.41) is 0. The molecule has 0 aliphatic carbocycles. The maximum absolute atomic E-state index is 12.0. The Morgan fingerprint density at radius 2 is 1.76 bits per heavy atom. The van der Waals surface area contributed by atoms with E-state index >= 15 is 0 Å². The molecule has 122 valence electrons. The second-order valence-corrected chi connectivity index (χ2v) is 7.31. The van der Waals surface area contributed by atoms with Gasteiger partial charge in [0.05, 0.1) is 4.99 Å². The van der Waals surface area contributed by atoms with E-state index < -0.39 is 0 Å². The average Bonchev–Trinajstić information content (AvgIpc) is 2.41. The van der Waals surface area contributed by atoms with Crippen LogP contribution in [0.15, 0.2) is 0 Å². The van der Waals surface area contributed by atoms with E-state index in [0.29, 0.717) is 24.4 Å². The number of nitrogens with two attached hydrogens (primary N) is 1. The number of carbonyl (C=O) groups is 1. The van der Waals surface area contributed by atoms with Crippen LogP contribution in [0.1, 0.15) is 33.6 Å². The van der Waals surface area contributed by atoms with Gasteiger partial charge < -0.3 is 15.5 Å². The number of amides is 1. The van der Waals surface area contributed by atoms with Gasteiger partial charge in [0, 0.05) is 64.7 Å². The van der Waals surface area contributed by atoms with Gasteiger partial charge in [-0.25, -0.2) is 0 Å². The summed E-state index contributed by atoms with van der Waals surface area (Å²) in [4.78, 5) is 19.1. The molecule has 0 saturated carbocycles. The van der Waals surface area contributed by atoms with E-state index in [1.54, 1.807) is 4.90 Å². The molecule has 1 fully saturated rings. The van der Waals surface area contributed by atoms with Crippen molar-refractivity contribution in [3.05, 3.63) is 0 Å². The second-order valence-electron chi connectivity index (χ2n) is 6.78. The van der Waals surface area contributed by atoms with Crippen LogP contribution in [-0.2, 0) is 4.79 Å². The van der Waals surface area contributed by atoms with Crippen LogP contribution in [0, 0.1) is 0 Å². The molecule has 0 aromatic rings. The quantitative estimate of drug-likeness (QED) is 0.739. The van der Waals surface area contributed by atoms with Crippen LogP contribution in [0.5, 0.6) is 0 Å². The summed E-state index contributed by atoms with van der Waals surface area (Å²) >= 11 is 4.84. The van der Waals surface area contributed by atoms with Crippen LogP contribution < -0.4 is 5.73 Å². The van der Waals surface area contributed by atoms with Crippen molar-refractivity contribution in [3.8, 4) is 0 Å². The van der Waals surface area contributed by atoms with Crippen molar-refractivity contribution in [2.45, 2.75) is 39.2 Å². The average molecular weight is 314 g/mol. The predicted octanol–water partition coefficient (Wildman–Crippen LogP) is 0.927. The van der Waals surface area contributed by atoms with Crippen molar-refractivity contribution in [1.82, 2.24) is 14.7 Å². The highest BCUT2D eigenvalue weighted by molar-refractivity contribution is 7.80. The van der Waals surface area contributed by atoms with Gasteiger partial charge in [0.25, 0.3) is 0 Å². The zero-order chi connectivity index (χ0) is 16.0. The molecule has 0 aromatic carbocycles. The Morgan fingerprint density at radius 3 is 2.24 bits per heavy atom. The monoisotopic (exact) mass is 314 g/mol. The second kappa shape index (κ2) is 8.06. The number of hydrogen-bond donors (Lipinski definition) is 1. The van der Waals surface area contributed by atoms with Crippen molar-refractivity contribution in [2.24, 2.45) is 5.73 Å². The molecule has 0 unspecified atom stereocenters. The Morgan fingerprint density at radius 1 is 1.19 bits per heavy atom. The standard InChI is InChI=1S/C15H30N4OS/c1-15(2,3)19-11-9-18(10-12-19)8-6-14(20)17(4)7-5-13(16)21/h5-12H2,1-4H3,(H2,16,21). The largest absolute Gasteiger partial charge is 0.393 e. The Hall–Kier alpha value is -0.720. The Labute approximate surface area is 134 Å². The lowest BCUT2D eigenvalue weighted by atomic mass is 10.0. The number of rotatable bonds is 6. The van der Waals surface area contributed by atoms with Gasteiger partial charge in [0.15, 0.2) is 0 Å². The number of thiocarbonyl (C=S) groups is 1. The molecule has 1 amide bonds. The van der Waals surface area contributed by atoms with E-state index in [1.807, 2.05) is 7.05 Å². The fraction of sp³-hybridized carbons (Fsp3) is 0.867. The predicted molar refractivity (Wildman–Crippen MR) is 91.4 cm³/mol. The molecule has 0 bridgehead atoms. The Balaban J connectivity index is 2.24. The summed E-state index contributed by atoms with van der Waals surface area (Å²) < 4.78 is 0. The fourth-order valence-electron chi connectivity index (χ4n) is 2.49. The molecule has 1 saturated heterocycles. The normalized spacial score (nSPS) is 17.7. The van der Waals surface area contributed by atoms with Gasteiger partial charge in [-0.1, -0.05) is 12.2 Å². The third-order valence-corrected chi connectivity index (χ3v) is 4.29. The van der Waals surface area contributed by atoms with Crippen LogP contribution in [0.2, 0.25) is 0 Å². The SMILES string of the molecule is CN(CCC(N)=S)C(=O)CCN1CCN(C(C)(C)C)CC1. The van der Waals surface area contributed by atoms with Gasteiger partial charge in [0.2, 0.25) is 5.91 Å². The molecule has 1 rings (SSSR count). The highest BCUT2D eigenvalue weighted by Gasteiger charge is 2.25. The fourth-order valence-corrected chi connectivity index (χ4v) is 2.58. The van der Waals surface area contributed by atoms with Crippen molar-refractivity contribution in [2.75, 3.05) is 46.3 Å².